The Bertz CT molecular complexity index is 773. The largest absolute Gasteiger partial charge is 0.508 e. The van der Waals surface area contributed by atoms with Gasteiger partial charge in [-0.3, -0.25) is 4.79 Å². The average molecular weight is 314 g/mol. The number of phenols is 2. The van der Waals surface area contributed by atoms with Crippen molar-refractivity contribution >= 4 is 12.1 Å². The second-order valence-electron chi connectivity index (χ2n) is 4.80. The summed E-state index contributed by atoms with van der Waals surface area (Å²) in [6, 6.07) is 8.92. The van der Waals surface area contributed by atoms with E-state index in [1.165, 1.54) is 24.4 Å². The molecule has 0 saturated carbocycles. The zero-order valence-corrected chi connectivity index (χ0v) is 12.0. The van der Waals surface area contributed by atoms with Gasteiger partial charge in [-0.1, -0.05) is 0 Å². The van der Waals surface area contributed by atoms with Gasteiger partial charge in [-0.15, -0.1) is 0 Å². The van der Waals surface area contributed by atoms with Gasteiger partial charge in [0.25, 0.3) is 5.91 Å². The summed E-state index contributed by atoms with van der Waals surface area (Å²) in [4.78, 5) is 12.0. The molecule has 2 aromatic carbocycles. The lowest BCUT2D eigenvalue weighted by Gasteiger charge is -2.18. The Morgan fingerprint density at radius 2 is 1.87 bits per heavy atom. The van der Waals surface area contributed by atoms with Gasteiger partial charge in [0, 0.05) is 17.2 Å². The highest BCUT2D eigenvalue weighted by molar-refractivity contribution is 5.95. The number of nitrogens with one attached hydrogen (secondary N) is 1. The summed E-state index contributed by atoms with van der Waals surface area (Å²) in [6.45, 7) is 0.926. The lowest BCUT2D eigenvalue weighted by Crippen LogP contribution is -2.19. The molecule has 23 heavy (non-hydrogen) atoms. The van der Waals surface area contributed by atoms with Crippen molar-refractivity contribution in [1.29, 1.82) is 0 Å². The normalized spacial score (nSPS) is 13.0. The maximum absolute atomic E-state index is 12.0. The molecule has 0 spiro atoms. The molecule has 3 N–H and O–H groups in total. The predicted molar refractivity (Wildman–Crippen MR) is 82.3 cm³/mol. The molecule has 0 aromatic heterocycles. The van der Waals surface area contributed by atoms with Gasteiger partial charge in [0.1, 0.15) is 24.7 Å². The quantitative estimate of drug-likeness (QED) is 0.590. The van der Waals surface area contributed by atoms with Crippen molar-refractivity contribution in [2.24, 2.45) is 5.10 Å². The number of hydrogen-bond donors (Lipinski definition) is 3. The summed E-state index contributed by atoms with van der Waals surface area (Å²) in [5, 5.41) is 22.6. The predicted octanol–water partition coefficient (Wildman–Crippen LogP) is 1.63. The third kappa shape index (κ3) is 3.34. The van der Waals surface area contributed by atoms with Crippen molar-refractivity contribution in [3.8, 4) is 23.0 Å². The summed E-state index contributed by atoms with van der Waals surface area (Å²) in [5.41, 5.74) is 3.10. The Kier molecular flexibility index (Phi) is 4.01. The number of hydrazone groups is 1. The third-order valence-corrected chi connectivity index (χ3v) is 3.19. The van der Waals surface area contributed by atoms with E-state index in [-0.39, 0.29) is 11.5 Å². The van der Waals surface area contributed by atoms with Crippen LogP contribution in [0.1, 0.15) is 15.9 Å². The van der Waals surface area contributed by atoms with Crippen LogP contribution >= 0.6 is 0 Å². The smallest absolute Gasteiger partial charge is 0.271 e. The Morgan fingerprint density at radius 3 is 2.65 bits per heavy atom. The standard InChI is InChI=1S/C16H14N2O5/c19-12-3-1-11(13(20)8-12)9-17-18-16(21)10-2-4-14-15(7-10)23-6-5-22-14/h1-4,7-9,19-20H,5-6H2,(H,18,21). The molecule has 118 valence electrons. The number of hydrogen-bond acceptors (Lipinski definition) is 6. The molecule has 3 rings (SSSR count). The molecule has 0 atom stereocenters. The molecule has 2 aromatic rings. The van der Waals surface area contributed by atoms with Crippen LogP contribution in [-0.4, -0.2) is 35.5 Å². The molecular weight excluding hydrogens is 300 g/mol. The molecule has 1 amide bonds. The second-order valence-corrected chi connectivity index (χ2v) is 4.80. The Balaban J connectivity index is 1.68. The first-order valence-electron chi connectivity index (χ1n) is 6.88. The second kappa shape index (κ2) is 6.27. The number of carbonyl (C=O) groups is 1. The summed E-state index contributed by atoms with van der Waals surface area (Å²) in [7, 11) is 0. The zero-order valence-electron chi connectivity index (χ0n) is 12.0. The van der Waals surface area contributed by atoms with Gasteiger partial charge in [0.2, 0.25) is 0 Å². The van der Waals surface area contributed by atoms with Gasteiger partial charge in [-0.25, -0.2) is 5.43 Å². The topological polar surface area (TPSA) is 100 Å². The lowest BCUT2D eigenvalue weighted by molar-refractivity contribution is 0.0954. The molecule has 1 aliphatic rings. The van der Waals surface area contributed by atoms with Crippen LogP contribution in [0.2, 0.25) is 0 Å². The number of fused-ring (bicyclic) bond motifs is 1. The van der Waals surface area contributed by atoms with Gasteiger partial charge in [-0.2, -0.15) is 5.10 Å². The van der Waals surface area contributed by atoms with E-state index < -0.39 is 5.91 Å². The third-order valence-electron chi connectivity index (χ3n) is 3.19. The van der Waals surface area contributed by atoms with E-state index in [2.05, 4.69) is 10.5 Å². The molecule has 0 aliphatic carbocycles. The van der Waals surface area contributed by atoms with Crippen LogP contribution in [0.15, 0.2) is 41.5 Å². The van der Waals surface area contributed by atoms with E-state index in [9.17, 15) is 15.0 Å². The van der Waals surface area contributed by atoms with Gasteiger partial charge >= 0.3 is 0 Å². The van der Waals surface area contributed by atoms with Gasteiger partial charge in [0.05, 0.1) is 6.21 Å². The van der Waals surface area contributed by atoms with Gasteiger partial charge < -0.3 is 19.7 Å². The monoisotopic (exact) mass is 314 g/mol. The van der Waals surface area contributed by atoms with E-state index in [1.54, 1.807) is 18.2 Å². The number of benzene rings is 2. The average Bonchev–Trinajstić information content (AvgIpc) is 2.56. The molecular formula is C16H14N2O5. The molecule has 0 bridgehead atoms. The minimum atomic E-state index is -0.420. The minimum absolute atomic E-state index is 0.0556. The number of carbonyl (C=O) groups excluding carboxylic acids is 1. The maximum atomic E-state index is 12.0. The van der Waals surface area contributed by atoms with Crippen molar-refractivity contribution in [3.63, 3.8) is 0 Å². The van der Waals surface area contributed by atoms with Crippen molar-refractivity contribution in [1.82, 2.24) is 5.43 Å². The first-order chi connectivity index (χ1) is 11.1. The molecule has 0 fully saturated rings. The number of phenolic OH excluding ortho intramolecular Hbond substituents is 2. The van der Waals surface area contributed by atoms with Gasteiger partial charge in [0.15, 0.2) is 11.5 Å². The van der Waals surface area contributed by atoms with E-state index in [4.69, 9.17) is 9.47 Å². The molecule has 1 aliphatic heterocycles. The fourth-order valence-electron chi connectivity index (χ4n) is 2.05. The molecule has 0 radical (unpaired) electrons. The number of ether oxygens (including phenoxy) is 2. The molecule has 7 nitrogen and oxygen atoms in total. The Hall–Kier alpha value is -3.22. The molecule has 1 heterocycles. The number of amides is 1. The molecule has 7 heteroatoms. The fourth-order valence-corrected chi connectivity index (χ4v) is 2.05. The Morgan fingerprint density at radius 1 is 1.09 bits per heavy atom. The summed E-state index contributed by atoms with van der Waals surface area (Å²) >= 11 is 0. The highest BCUT2D eigenvalue weighted by atomic mass is 16.6. The number of aromatic hydroxyl groups is 2. The van der Waals surface area contributed by atoms with Crippen LogP contribution in [0, 0.1) is 0 Å². The fraction of sp³-hybridized carbons (Fsp3) is 0.125. The van der Waals surface area contributed by atoms with E-state index in [0.717, 1.165) is 0 Å². The summed E-state index contributed by atoms with van der Waals surface area (Å²) in [6.07, 6.45) is 1.28. The minimum Gasteiger partial charge on any atom is -0.508 e. The molecule has 0 unspecified atom stereocenters. The van der Waals surface area contributed by atoms with Crippen molar-refractivity contribution in [2.75, 3.05) is 13.2 Å². The summed E-state index contributed by atoms with van der Waals surface area (Å²) in [5.74, 6) is 0.508. The number of rotatable bonds is 3. The van der Waals surface area contributed by atoms with E-state index >= 15 is 0 Å². The SMILES string of the molecule is O=C(NN=Cc1ccc(O)cc1O)c1ccc2c(c1)OCCO2. The Labute approximate surface area is 131 Å². The van der Waals surface area contributed by atoms with Gasteiger partial charge in [-0.05, 0) is 30.3 Å². The van der Waals surface area contributed by atoms with E-state index in [0.29, 0.717) is 35.8 Å². The van der Waals surface area contributed by atoms with Crippen molar-refractivity contribution < 1.29 is 24.5 Å². The highest BCUT2D eigenvalue weighted by Gasteiger charge is 2.14. The maximum Gasteiger partial charge on any atom is 0.271 e. The van der Waals surface area contributed by atoms with Crippen LogP contribution in [-0.2, 0) is 0 Å². The van der Waals surface area contributed by atoms with E-state index in [1.807, 2.05) is 0 Å². The van der Waals surface area contributed by atoms with Crippen LogP contribution in [0.4, 0.5) is 0 Å². The van der Waals surface area contributed by atoms with Crippen LogP contribution in [0.5, 0.6) is 23.0 Å². The van der Waals surface area contributed by atoms with Crippen LogP contribution in [0.25, 0.3) is 0 Å². The van der Waals surface area contributed by atoms with Crippen LogP contribution < -0.4 is 14.9 Å². The van der Waals surface area contributed by atoms with Crippen molar-refractivity contribution in [2.45, 2.75) is 0 Å². The van der Waals surface area contributed by atoms with Crippen molar-refractivity contribution in [3.05, 3.63) is 47.5 Å². The van der Waals surface area contributed by atoms with Crippen LogP contribution in [0.3, 0.4) is 0 Å². The first kappa shape index (κ1) is 14.7. The summed E-state index contributed by atoms with van der Waals surface area (Å²) < 4.78 is 10.8. The highest BCUT2D eigenvalue weighted by Crippen LogP contribution is 2.30. The first-order valence-corrected chi connectivity index (χ1v) is 6.88. The molecule has 0 saturated heterocycles. The lowest BCUT2D eigenvalue weighted by atomic mass is 10.2. The zero-order chi connectivity index (χ0) is 16.2. The number of nitrogens with zero attached hydrogens (tertiary/aromatic N) is 1.